The molecule has 0 aliphatic heterocycles. The number of hydrogen-bond acceptors (Lipinski definition) is 1. The molecular formula is C33H36ClOP. The molecule has 3 aromatic rings. The van der Waals surface area contributed by atoms with Crippen LogP contribution in [0.4, 0.5) is 0 Å². The second kappa shape index (κ2) is 12.1. The number of halogens is 1. The zero-order valence-electron chi connectivity index (χ0n) is 21.7. The van der Waals surface area contributed by atoms with Gasteiger partial charge in [0.1, 0.15) is 23.2 Å². The predicted octanol–water partition coefficient (Wildman–Crippen LogP) is 3.43. The molecule has 0 amide bonds. The van der Waals surface area contributed by atoms with Crippen molar-refractivity contribution < 1.29 is 17.5 Å². The summed E-state index contributed by atoms with van der Waals surface area (Å²) in [5.41, 5.74) is 3.41. The topological polar surface area (TPSA) is 20.2 Å². The summed E-state index contributed by atoms with van der Waals surface area (Å²) in [7, 11) is -1.90. The van der Waals surface area contributed by atoms with Gasteiger partial charge in [-0.05, 0) is 74.7 Å². The molecule has 0 radical (unpaired) electrons. The van der Waals surface area contributed by atoms with E-state index in [4.69, 9.17) is 0 Å². The Kier molecular flexibility index (Phi) is 9.38. The van der Waals surface area contributed by atoms with E-state index < -0.39 is 7.26 Å². The highest BCUT2D eigenvalue weighted by molar-refractivity contribution is 7.95. The van der Waals surface area contributed by atoms with Gasteiger partial charge in [0, 0.05) is 11.0 Å². The first kappa shape index (κ1) is 28.0. The molecule has 1 N–H and O–H groups in total. The van der Waals surface area contributed by atoms with Crippen molar-refractivity contribution in [1.29, 1.82) is 0 Å². The average molecular weight is 515 g/mol. The van der Waals surface area contributed by atoms with Crippen molar-refractivity contribution in [3.05, 3.63) is 114 Å². The Morgan fingerprint density at radius 2 is 1.33 bits per heavy atom. The number of allylic oxidation sites excluding steroid dienone is 3. The fourth-order valence-electron chi connectivity index (χ4n) is 5.37. The van der Waals surface area contributed by atoms with Crippen LogP contribution in [-0.2, 0) is 0 Å². The molecule has 0 bridgehead atoms. The number of aliphatic hydroxyl groups excluding tert-OH is 1. The third-order valence-corrected chi connectivity index (χ3v) is 11.3. The van der Waals surface area contributed by atoms with Crippen LogP contribution in [0.25, 0.3) is 0 Å². The molecule has 1 atom stereocenters. The van der Waals surface area contributed by atoms with Gasteiger partial charge in [0.2, 0.25) is 0 Å². The van der Waals surface area contributed by atoms with Gasteiger partial charge < -0.3 is 17.5 Å². The SMILES string of the molecule is CC1=C(C#C/C(C)=C/C[P+](c2ccccc2)(c2ccccc2)c2ccccc2)C(C)(C)CC(O)C1.[Cl-]. The predicted molar refractivity (Wildman–Crippen MR) is 153 cm³/mol. The van der Waals surface area contributed by atoms with Crippen LogP contribution >= 0.6 is 7.26 Å². The van der Waals surface area contributed by atoms with Gasteiger partial charge in [-0.1, -0.05) is 85.9 Å². The van der Waals surface area contributed by atoms with Crippen LogP contribution in [0.15, 0.2) is 114 Å². The van der Waals surface area contributed by atoms with Crippen molar-refractivity contribution >= 4 is 23.2 Å². The molecule has 1 aliphatic carbocycles. The lowest BCUT2D eigenvalue weighted by Crippen LogP contribution is -3.00. The molecule has 3 aromatic carbocycles. The van der Waals surface area contributed by atoms with Crippen LogP contribution in [0.5, 0.6) is 0 Å². The second-order valence-electron chi connectivity index (χ2n) is 10.2. The molecule has 0 spiro atoms. The van der Waals surface area contributed by atoms with Crippen LogP contribution in [0.1, 0.15) is 40.5 Å². The molecule has 1 nitrogen and oxygen atoms in total. The van der Waals surface area contributed by atoms with Crippen molar-refractivity contribution in [3.8, 4) is 11.8 Å². The number of hydrogen-bond donors (Lipinski definition) is 1. The Morgan fingerprint density at radius 3 is 1.75 bits per heavy atom. The van der Waals surface area contributed by atoms with Crippen LogP contribution < -0.4 is 28.3 Å². The molecule has 0 saturated heterocycles. The normalized spacial score (nSPS) is 17.6. The van der Waals surface area contributed by atoms with Crippen LogP contribution in [0.2, 0.25) is 0 Å². The summed E-state index contributed by atoms with van der Waals surface area (Å²) >= 11 is 0. The third kappa shape index (κ3) is 6.02. The monoisotopic (exact) mass is 514 g/mol. The van der Waals surface area contributed by atoms with E-state index in [-0.39, 0.29) is 23.9 Å². The molecule has 1 unspecified atom stereocenters. The number of rotatable bonds is 5. The molecule has 3 heteroatoms. The van der Waals surface area contributed by atoms with Crippen LogP contribution in [-0.4, -0.2) is 17.4 Å². The van der Waals surface area contributed by atoms with Crippen molar-refractivity contribution in [3.63, 3.8) is 0 Å². The first-order valence-electron chi connectivity index (χ1n) is 12.4. The third-order valence-electron chi connectivity index (χ3n) is 7.04. The first-order chi connectivity index (χ1) is 16.8. The van der Waals surface area contributed by atoms with Gasteiger partial charge in [-0.15, -0.1) is 0 Å². The van der Waals surface area contributed by atoms with E-state index in [0.717, 1.165) is 24.6 Å². The van der Waals surface area contributed by atoms with E-state index >= 15 is 0 Å². The van der Waals surface area contributed by atoms with Crippen molar-refractivity contribution in [2.24, 2.45) is 5.41 Å². The number of aliphatic hydroxyl groups is 1. The van der Waals surface area contributed by atoms with Gasteiger partial charge >= 0.3 is 0 Å². The number of benzene rings is 3. The molecule has 0 heterocycles. The lowest BCUT2D eigenvalue weighted by atomic mass is 9.72. The van der Waals surface area contributed by atoms with E-state index in [9.17, 15) is 5.11 Å². The maximum atomic E-state index is 10.2. The molecule has 0 aromatic heterocycles. The highest BCUT2D eigenvalue weighted by atomic mass is 35.5. The minimum absolute atomic E-state index is 0. The van der Waals surface area contributed by atoms with Crippen molar-refractivity contribution in [2.45, 2.75) is 46.6 Å². The van der Waals surface area contributed by atoms with Crippen LogP contribution in [0, 0.1) is 17.3 Å². The molecule has 36 heavy (non-hydrogen) atoms. The smallest absolute Gasteiger partial charge is 0.116 e. The minimum atomic E-state index is -1.90. The van der Waals surface area contributed by atoms with E-state index in [1.807, 2.05) is 0 Å². The van der Waals surface area contributed by atoms with Gasteiger partial charge in [-0.3, -0.25) is 0 Å². The van der Waals surface area contributed by atoms with E-state index in [2.05, 4.69) is 137 Å². The lowest BCUT2D eigenvalue weighted by molar-refractivity contribution is -0.0000116. The zero-order chi connectivity index (χ0) is 24.9. The minimum Gasteiger partial charge on any atom is -1.00 e. The average Bonchev–Trinajstić information content (AvgIpc) is 2.85. The van der Waals surface area contributed by atoms with Gasteiger partial charge in [0.15, 0.2) is 0 Å². The Labute approximate surface area is 224 Å². The molecule has 0 saturated carbocycles. The Balaban J connectivity index is 0.00000361. The maximum absolute atomic E-state index is 10.2. The van der Waals surface area contributed by atoms with Gasteiger partial charge in [-0.2, -0.15) is 0 Å². The molecule has 186 valence electrons. The molecular weight excluding hydrogens is 479 g/mol. The second-order valence-corrected chi connectivity index (χ2v) is 13.8. The van der Waals surface area contributed by atoms with Gasteiger partial charge in [0.25, 0.3) is 0 Å². The Hall–Kier alpha value is -2.62. The van der Waals surface area contributed by atoms with Crippen molar-refractivity contribution in [1.82, 2.24) is 0 Å². The first-order valence-corrected chi connectivity index (χ1v) is 14.4. The standard InChI is InChI=1S/C33H36OP.ClH/c1-26(20-21-32-27(2)24-28(34)25-33(32,3)4)22-23-35(29-14-8-5-9-15-29,30-16-10-6-11-17-30)31-18-12-7-13-19-31;/h5-19,22,28,34H,23-25H2,1-4H3;1H/q+1;/p-1/b26-22+;. The van der Waals surface area contributed by atoms with E-state index in [1.165, 1.54) is 27.1 Å². The Bertz CT molecular complexity index is 1170. The van der Waals surface area contributed by atoms with E-state index in [0.29, 0.717) is 0 Å². The molecule has 4 rings (SSSR count). The van der Waals surface area contributed by atoms with Gasteiger partial charge in [-0.25, -0.2) is 0 Å². The van der Waals surface area contributed by atoms with E-state index in [1.54, 1.807) is 0 Å². The highest BCUT2D eigenvalue weighted by Gasteiger charge is 2.44. The van der Waals surface area contributed by atoms with Crippen molar-refractivity contribution in [2.75, 3.05) is 6.16 Å². The summed E-state index contributed by atoms with van der Waals surface area (Å²) in [5, 5.41) is 14.4. The summed E-state index contributed by atoms with van der Waals surface area (Å²) in [6, 6.07) is 32.9. The highest BCUT2D eigenvalue weighted by Crippen LogP contribution is 2.55. The van der Waals surface area contributed by atoms with Gasteiger partial charge in [0.05, 0.1) is 12.3 Å². The quantitative estimate of drug-likeness (QED) is 0.408. The zero-order valence-corrected chi connectivity index (χ0v) is 23.4. The van der Waals surface area contributed by atoms with Crippen LogP contribution in [0.3, 0.4) is 0 Å². The molecule has 1 aliphatic rings. The summed E-state index contributed by atoms with van der Waals surface area (Å²) in [5.74, 6) is 6.97. The summed E-state index contributed by atoms with van der Waals surface area (Å²) in [6.45, 7) is 8.63. The summed E-state index contributed by atoms with van der Waals surface area (Å²) in [6.07, 6.45) is 4.49. The summed E-state index contributed by atoms with van der Waals surface area (Å²) in [4.78, 5) is 0. The fourth-order valence-corrected chi connectivity index (χ4v) is 9.49. The maximum Gasteiger partial charge on any atom is 0.116 e. The molecule has 0 fully saturated rings. The largest absolute Gasteiger partial charge is 1.00 e. The fraction of sp³-hybridized carbons (Fsp3) is 0.273. The summed E-state index contributed by atoms with van der Waals surface area (Å²) < 4.78 is 0. The Morgan fingerprint density at radius 1 is 0.889 bits per heavy atom. The lowest BCUT2D eigenvalue weighted by Gasteiger charge is -2.34.